The quantitative estimate of drug-likeness (QED) is 0.759. The lowest BCUT2D eigenvalue weighted by molar-refractivity contribution is 0.619. The van der Waals surface area contributed by atoms with E-state index >= 15 is 0 Å². The molecule has 2 atom stereocenters. The van der Waals surface area contributed by atoms with E-state index in [1.54, 1.807) is 16.7 Å². The van der Waals surface area contributed by atoms with Crippen LogP contribution in [-0.2, 0) is 0 Å². The highest BCUT2D eigenvalue weighted by molar-refractivity contribution is 5.42. The van der Waals surface area contributed by atoms with Gasteiger partial charge in [-0.3, -0.25) is 0 Å². The topological polar surface area (TPSA) is 12.0 Å². The van der Waals surface area contributed by atoms with E-state index in [1.807, 2.05) is 0 Å². The normalized spacial score (nSPS) is 31.4. The highest BCUT2D eigenvalue weighted by Gasteiger charge is 2.36. The second-order valence-electron chi connectivity index (χ2n) is 5.72. The van der Waals surface area contributed by atoms with Crippen molar-refractivity contribution in [2.24, 2.45) is 5.92 Å². The summed E-state index contributed by atoms with van der Waals surface area (Å²) in [6.07, 6.45) is 7.94. The van der Waals surface area contributed by atoms with Crippen LogP contribution in [0.3, 0.4) is 0 Å². The van der Waals surface area contributed by atoms with Gasteiger partial charge in [-0.2, -0.15) is 0 Å². The molecular formula is C16H19N. The Labute approximate surface area is 103 Å². The molecule has 88 valence electrons. The summed E-state index contributed by atoms with van der Waals surface area (Å²) in [5.74, 6) is 1.68. The number of rotatable bonds is 2. The van der Waals surface area contributed by atoms with Gasteiger partial charge in [-0.15, -0.1) is 0 Å². The van der Waals surface area contributed by atoms with Gasteiger partial charge in [-0.1, -0.05) is 30.3 Å². The third kappa shape index (κ3) is 1.56. The molecule has 1 aliphatic heterocycles. The molecule has 0 bridgehead atoms. The second-order valence-corrected chi connectivity index (χ2v) is 5.72. The zero-order valence-electron chi connectivity index (χ0n) is 10.2. The molecule has 1 nitrogen and oxygen atoms in total. The van der Waals surface area contributed by atoms with Crippen LogP contribution in [-0.4, -0.2) is 6.54 Å². The Morgan fingerprint density at radius 1 is 0.941 bits per heavy atom. The van der Waals surface area contributed by atoms with Gasteiger partial charge in [0.05, 0.1) is 6.04 Å². The molecule has 1 saturated heterocycles. The molecule has 2 unspecified atom stereocenters. The summed E-state index contributed by atoms with van der Waals surface area (Å²) in [6.45, 7) is 1.19. The Balaban J connectivity index is 1.74. The molecule has 3 aliphatic rings. The van der Waals surface area contributed by atoms with Gasteiger partial charge in [0, 0.05) is 6.54 Å². The highest BCUT2D eigenvalue weighted by atomic mass is 15.0. The molecule has 2 aliphatic carbocycles. The summed E-state index contributed by atoms with van der Waals surface area (Å²) in [5.41, 5.74) is 4.85. The number of fused-ring (bicyclic) bond motifs is 1. The van der Waals surface area contributed by atoms with Crippen LogP contribution in [0.5, 0.6) is 0 Å². The molecule has 0 radical (unpaired) electrons. The average Bonchev–Trinajstić information content (AvgIpc) is 2.97. The summed E-state index contributed by atoms with van der Waals surface area (Å²) < 4.78 is 0. The molecule has 1 aromatic carbocycles. The van der Waals surface area contributed by atoms with E-state index in [0.29, 0.717) is 6.04 Å². The fourth-order valence-electron chi connectivity index (χ4n) is 3.57. The Kier molecular flexibility index (Phi) is 2.16. The molecule has 1 saturated carbocycles. The fraction of sp³-hybridized carbons (Fsp3) is 0.500. The maximum Gasteiger partial charge on any atom is 0.0542 e. The van der Waals surface area contributed by atoms with Crippen molar-refractivity contribution >= 4 is 0 Å². The van der Waals surface area contributed by atoms with Crippen LogP contribution in [0.4, 0.5) is 0 Å². The third-order valence-electron chi connectivity index (χ3n) is 4.59. The van der Waals surface area contributed by atoms with Crippen molar-refractivity contribution in [3.8, 4) is 0 Å². The fourth-order valence-corrected chi connectivity index (χ4v) is 3.57. The van der Waals surface area contributed by atoms with Gasteiger partial charge in [0.25, 0.3) is 0 Å². The van der Waals surface area contributed by atoms with E-state index in [2.05, 4.69) is 35.7 Å². The monoisotopic (exact) mass is 225 g/mol. The van der Waals surface area contributed by atoms with Crippen LogP contribution >= 0.6 is 0 Å². The van der Waals surface area contributed by atoms with Crippen molar-refractivity contribution in [3.63, 3.8) is 0 Å². The van der Waals surface area contributed by atoms with Crippen molar-refractivity contribution < 1.29 is 0 Å². The minimum absolute atomic E-state index is 0.527. The first kappa shape index (κ1) is 9.90. The summed E-state index contributed by atoms with van der Waals surface area (Å²) in [7, 11) is 0. The summed E-state index contributed by atoms with van der Waals surface area (Å²) in [5, 5.41) is 3.73. The number of nitrogens with one attached hydrogen (secondary N) is 1. The zero-order valence-corrected chi connectivity index (χ0v) is 10.2. The van der Waals surface area contributed by atoms with E-state index in [-0.39, 0.29) is 0 Å². The Bertz CT molecular complexity index is 470. The van der Waals surface area contributed by atoms with E-state index in [9.17, 15) is 0 Å². The molecule has 0 spiro atoms. The van der Waals surface area contributed by atoms with Gasteiger partial charge < -0.3 is 5.32 Å². The molecule has 0 aromatic heterocycles. The number of allylic oxidation sites excluding steroid dienone is 1. The predicted molar refractivity (Wildman–Crippen MR) is 70.0 cm³/mol. The summed E-state index contributed by atoms with van der Waals surface area (Å²) in [6, 6.07) is 9.61. The predicted octanol–water partition coefficient (Wildman–Crippen LogP) is 3.54. The van der Waals surface area contributed by atoms with Crippen molar-refractivity contribution in [3.05, 3.63) is 47.0 Å². The molecule has 1 aromatic rings. The largest absolute Gasteiger partial charge is 0.306 e. The average molecular weight is 225 g/mol. The molecule has 17 heavy (non-hydrogen) atoms. The summed E-state index contributed by atoms with van der Waals surface area (Å²) >= 11 is 0. The van der Waals surface area contributed by atoms with Gasteiger partial charge in [0.2, 0.25) is 0 Å². The zero-order chi connectivity index (χ0) is 11.2. The Morgan fingerprint density at radius 3 is 2.59 bits per heavy atom. The van der Waals surface area contributed by atoms with Crippen LogP contribution in [0.2, 0.25) is 0 Å². The molecule has 1 heteroatoms. The second kappa shape index (κ2) is 3.71. The van der Waals surface area contributed by atoms with Crippen molar-refractivity contribution in [1.82, 2.24) is 5.32 Å². The van der Waals surface area contributed by atoms with Gasteiger partial charge in [0.15, 0.2) is 0 Å². The molecule has 4 rings (SSSR count). The molecule has 1 N–H and O–H groups in total. The van der Waals surface area contributed by atoms with Crippen molar-refractivity contribution in [1.29, 1.82) is 0 Å². The molecule has 1 heterocycles. The van der Waals surface area contributed by atoms with Crippen LogP contribution in [0, 0.1) is 5.92 Å². The molecule has 0 amide bonds. The third-order valence-corrected chi connectivity index (χ3v) is 4.59. The van der Waals surface area contributed by atoms with Gasteiger partial charge >= 0.3 is 0 Å². The van der Waals surface area contributed by atoms with Gasteiger partial charge in [-0.25, -0.2) is 0 Å². The van der Waals surface area contributed by atoms with Crippen LogP contribution in [0.25, 0.3) is 0 Å². The Hall–Kier alpha value is -1.08. The van der Waals surface area contributed by atoms with E-state index in [1.165, 1.54) is 32.2 Å². The first-order chi connectivity index (χ1) is 8.43. The lowest BCUT2D eigenvalue weighted by Crippen LogP contribution is -2.16. The SMILES string of the molecule is C1=C2C(CC1)CNC2c1ccccc1C1CC1. The van der Waals surface area contributed by atoms with Gasteiger partial charge in [0.1, 0.15) is 0 Å². The van der Waals surface area contributed by atoms with E-state index < -0.39 is 0 Å². The lowest BCUT2D eigenvalue weighted by atomic mass is 9.91. The summed E-state index contributed by atoms with van der Waals surface area (Å²) in [4.78, 5) is 0. The van der Waals surface area contributed by atoms with Crippen LogP contribution in [0.15, 0.2) is 35.9 Å². The molecule has 2 fully saturated rings. The van der Waals surface area contributed by atoms with Crippen LogP contribution in [0.1, 0.15) is 48.8 Å². The maximum absolute atomic E-state index is 3.73. The highest BCUT2D eigenvalue weighted by Crippen LogP contribution is 2.47. The van der Waals surface area contributed by atoms with Crippen LogP contribution < -0.4 is 5.32 Å². The minimum atomic E-state index is 0.527. The number of hydrogen-bond donors (Lipinski definition) is 1. The molecular weight excluding hydrogens is 206 g/mol. The number of hydrogen-bond acceptors (Lipinski definition) is 1. The standard InChI is InChI=1S/C16H19N/c1-2-6-15(13(5-1)11-8-9-11)16-14-7-3-4-12(14)10-17-16/h1-2,5-7,11-12,16-17H,3-4,8-10H2. The van der Waals surface area contributed by atoms with E-state index in [0.717, 1.165) is 11.8 Å². The van der Waals surface area contributed by atoms with E-state index in [4.69, 9.17) is 0 Å². The first-order valence-corrected chi connectivity index (χ1v) is 6.95. The van der Waals surface area contributed by atoms with Gasteiger partial charge in [-0.05, 0) is 54.2 Å². The number of benzene rings is 1. The first-order valence-electron chi connectivity index (χ1n) is 6.95. The lowest BCUT2D eigenvalue weighted by Gasteiger charge is -2.17. The maximum atomic E-state index is 3.73. The minimum Gasteiger partial charge on any atom is -0.306 e. The van der Waals surface area contributed by atoms with Crippen molar-refractivity contribution in [2.45, 2.75) is 37.6 Å². The smallest absolute Gasteiger partial charge is 0.0542 e. The van der Waals surface area contributed by atoms with Crippen molar-refractivity contribution in [2.75, 3.05) is 6.54 Å². The Morgan fingerprint density at radius 2 is 1.76 bits per heavy atom.